The molecule has 10 heavy (non-hydrogen) atoms. The van der Waals surface area contributed by atoms with E-state index in [1.54, 1.807) is 6.20 Å². The molecule has 0 amide bonds. The Bertz CT molecular complexity index is 167. The van der Waals surface area contributed by atoms with Gasteiger partial charge < -0.3 is 5.11 Å². The monoisotopic (exact) mass is 159 g/mol. The van der Waals surface area contributed by atoms with Crippen LogP contribution in [-0.2, 0) is 6.42 Å². The lowest BCUT2D eigenvalue weighted by Gasteiger charge is -1.92. The summed E-state index contributed by atoms with van der Waals surface area (Å²) in [6, 6.07) is 5.68. The predicted octanol–water partition coefficient (Wildman–Crippen LogP) is 1.04. The van der Waals surface area contributed by atoms with Gasteiger partial charge in [-0.15, -0.1) is 12.4 Å². The molecule has 0 aliphatic rings. The topological polar surface area (TPSA) is 33.1 Å². The summed E-state index contributed by atoms with van der Waals surface area (Å²) in [5, 5.41) is 8.48. The molecule has 3 heteroatoms. The molecule has 1 aromatic heterocycles. The van der Waals surface area contributed by atoms with Crippen molar-refractivity contribution in [2.24, 2.45) is 0 Å². The molecule has 2 nitrogen and oxygen atoms in total. The number of hydrogen-bond acceptors (Lipinski definition) is 2. The van der Waals surface area contributed by atoms with Crippen molar-refractivity contribution in [1.29, 1.82) is 0 Å². The van der Waals surface area contributed by atoms with E-state index in [0.717, 1.165) is 5.69 Å². The van der Waals surface area contributed by atoms with Crippen molar-refractivity contribution in [2.45, 2.75) is 6.42 Å². The van der Waals surface area contributed by atoms with Gasteiger partial charge in [-0.2, -0.15) is 0 Å². The smallest absolute Gasteiger partial charge is 0.0486 e. The molecule has 0 unspecified atom stereocenters. The average Bonchev–Trinajstić information content (AvgIpc) is 1.91. The fraction of sp³-hybridized carbons (Fsp3) is 0.286. The summed E-state index contributed by atoms with van der Waals surface area (Å²) < 4.78 is 0. The quantitative estimate of drug-likeness (QED) is 0.700. The summed E-state index contributed by atoms with van der Waals surface area (Å²) in [5.41, 5.74) is 0.944. The van der Waals surface area contributed by atoms with Crippen LogP contribution in [0.4, 0.5) is 0 Å². The minimum atomic E-state index is 0. The zero-order valence-electron chi connectivity index (χ0n) is 5.53. The van der Waals surface area contributed by atoms with E-state index in [9.17, 15) is 0 Å². The maximum Gasteiger partial charge on any atom is 0.0486 e. The van der Waals surface area contributed by atoms with Crippen LogP contribution in [0.2, 0.25) is 0 Å². The Morgan fingerprint density at radius 2 is 2.20 bits per heavy atom. The normalized spacial score (nSPS) is 8.50. The maximum atomic E-state index is 8.48. The van der Waals surface area contributed by atoms with Crippen LogP contribution in [0.15, 0.2) is 24.4 Å². The van der Waals surface area contributed by atoms with Crippen molar-refractivity contribution in [1.82, 2.24) is 4.98 Å². The van der Waals surface area contributed by atoms with Gasteiger partial charge in [0.05, 0.1) is 0 Å². The fourth-order valence-corrected chi connectivity index (χ4v) is 0.661. The maximum absolute atomic E-state index is 8.48. The number of aliphatic hydroxyl groups excluding tert-OH is 1. The Balaban J connectivity index is 0.000000810. The van der Waals surface area contributed by atoms with Gasteiger partial charge in [-0.05, 0) is 12.1 Å². The summed E-state index contributed by atoms with van der Waals surface area (Å²) >= 11 is 0. The largest absolute Gasteiger partial charge is 0.396 e. The van der Waals surface area contributed by atoms with Crippen LogP contribution in [0.5, 0.6) is 0 Å². The SMILES string of the molecule is Cl.OCCc1ccccn1. The molecule has 0 fully saturated rings. The molecule has 0 radical (unpaired) electrons. The van der Waals surface area contributed by atoms with Crippen LogP contribution >= 0.6 is 12.4 Å². The van der Waals surface area contributed by atoms with E-state index in [1.807, 2.05) is 18.2 Å². The van der Waals surface area contributed by atoms with E-state index < -0.39 is 0 Å². The van der Waals surface area contributed by atoms with Gasteiger partial charge in [0.1, 0.15) is 0 Å². The summed E-state index contributed by atoms with van der Waals surface area (Å²) in [6.45, 7) is 0.178. The Kier molecular flexibility index (Phi) is 4.89. The first kappa shape index (κ1) is 9.40. The van der Waals surface area contributed by atoms with Crippen LogP contribution in [0.1, 0.15) is 5.69 Å². The van der Waals surface area contributed by atoms with Crippen LogP contribution in [-0.4, -0.2) is 16.7 Å². The first-order valence-electron chi connectivity index (χ1n) is 2.94. The molecular weight excluding hydrogens is 150 g/mol. The number of aromatic nitrogens is 1. The molecule has 0 saturated heterocycles. The molecule has 1 heterocycles. The molecular formula is C7H10ClNO. The van der Waals surface area contributed by atoms with E-state index in [1.165, 1.54) is 0 Å². The molecule has 0 saturated carbocycles. The Morgan fingerprint density at radius 3 is 2.70 bits per heavy atom. The molecule has 0 aromatic carbocycles. The number of aliphatic hydroxyl groups is 1. The Hall–Kier alpha value is -0.600. The second kappa shape index (κ2) is 5.21. The number of hydrogen-bond donors (Lipinski definition) is 1. The molecule has 1 aromatic rings. The minimum Gasteiger partial charge on any atom is -0.396 e. The third-order valence-electron chi connectivity index (χ3n) is 1.09. The molecule has 0 bridgehead atoms. The lowest BCUT2D eigenvalue weighted by atomic mass is 10.3. The number of halogens is 1. The fourth-order valence-electron chi connectivity index (χ4n) is 0.661. The molecule has 0 aliphatic heterocycles. The standard InChI is InChI=1S/C7H9NO.ClH/c9-6-4-7-3-1-2-5-8-7;/h1-3,5,9H,4,6H2;1H. The van der Waals surface area contributed by atoms with E-state index in [2.05, 4.69) is 4.98 Å². The average molecular weight is 160 g/mol. The zero-order chi connectivity index (χ0) is 6.53. The number of nitrogens with zero attached hydrogens (tertiary/aromatic N) is 1. The van der Waals surface area contributed by atoms with Crippen molar-refractivity contribution in [3.8, 4) is 0 Å². The Morgan fingerprint density at radius 1 is 1.40 bits per heavy atom. The van der Waals surface area contributed by atoms with Crippen molar-refractivity contribution in [3.63, 3.8) is 0 Å². The van der Waals surface area contributed by atoms with Gasteiger partial charge >= 0.3 is 0 Å². The van der Waals surface area contributed by atoms with Gasteiger partial charge in [0, 0.05) is 24.9 Å². The number of rotatable bonds is 2. The van der Waals surface area contributed by atoms with Crippen molar-refractivity contribution >= 4 is 12.4 Å². The molecule has 1 N–H and O–H groups in total. The molecule has 0 aliphatic carbocycles. The van der Waals surface area contributed by atoms with Gasteiger partial charge in [0.25, 0.3) is 0 Å². The highest BCUT2D eigenvalue weighted by Crippen LogP contribution is 1.91. The first-order chi connectivity index (χ1) is 4.43. The van der Waals surface area contributed by atoms with Crippen molar-refractivity contribution in [2.75, 3.05) is 6.61 Å². The van der Waals surface area contributed by atoms with Crippen molar-refractivity contribution < 1.29 is 5.11 Å². The molecule has 0 spiro atoms. The van der Waals surface area contributed by atoms with E-state index in [0.29, 0.717) is 6.42 Å². The highest BCUT2D eigenvalue weighted by molar-refractivity contribution is 5.85. The summed E-state index contributed by atoms with van der Waals surface area (Å²) in [6.07, 6.45) is 2.38. The van der Waals surface area contributed by atoms with Gasteiger partial charge in [0.2, 0.25) is 0 Å². The second-order valence-corrected chi connectivity index (χ2v) is 1.79. The zero-order valence-corrected chi connectivity index (χ0v) is 6.34. The summed E-state index contributed by atoms with van der Waals surface area (Å²) in [4.78, 5) is 4.01. The van der Waals surface area contributed by atoms with Crippen LogP contribution in [0, 0.1) is 0 Å². The lowest BCUT2D eigenvalue weighted by molar-refractivity contribution is 0.298. The van der Waals surface area contributed by atoms with Crippen LogP contribution in [0.3, 0.4) is 0 Å². The van der Waals surface area contributed by atoms with E-state index >= 15 is 0 Å². The van der Waals surface area contributed by atoms with Crippen LogP contribution < -0.4 is 0 Å². The van der Waals surface area contributed by atoms with Gasteiger partial charge in [-0.1, -0.05) is 6.07 Å². The second-order valence-electron chi connectivity index (χ2n) is 1.79. The summed E-state index contributed by atoms with van der Waals surface area (Å²) in [5.74, 6) is 0. The Labute approximate surface area is 66.3 Å². The molecule has 0 atom stereocenters. The van der Waals surface area contributed by atoms with Crippen molar-refractivity contribution in [3.05, 3.63) is 30.1 Å². The minimum absolute atomic E-state index is 0. The van der Waals surface area contributed by atoms with Gasteiger partial charge in [0.15, 0.2) is 0 Å². The predicted molar refractivity (Wildman–Crippen MR) is 42.3 cm³/mol. The van der Waals surface area contributed by atoms with Gasteiger partial charge in [-0.25, -0.2) is 0 Å². The molecule has 56 valence electrons. The number of pyridine rings is 1. The van der Waals surface area contributed by atoms with Crippen LogP contribution in [0.25, 0.3) is 0 Å². The van der Waals surface area contributed by atoms with E-state index in [4.69, 9.17) is 5.11 Å². The third kappa shape index (κ3) is 2.80. The van der Waals surface area contributed by atoms with Gasteiger partial charge in [-0.3, -0.25) is 4.98 Å². The highest BCUT2D eigenvalue weighted by Gasteiger charge is 1.87. The lowest BCUT2D eigenvalue weighted by Crippen LogP contribution is -1.91. The van der Waals surface area contributed by atoms with E-state index in [-0.39, 0.29) is 19.0 Å². The highest BCUT2D eigenvalue weighted by atomic mass is 35.5. The summed E-state index contributed by atoms with van der Waals surface area (Å²) in [7, 11) is 0. The third-order valence-corrected chi connectivity index (χ3v) is 1.09. The first-order valence-corrected chi connectivity index (χ1v) is 2.94. The molecule has 1 rings (SSSR count).